The zero-order valence-electron chi connectivity index (χ0n) is 16.3. The minimum atomic E-state index is 0.0529. The van der Waals surface area contributed by atoms with Crippen molar-refractivity contribution in [2.24, 2.45) is 0 Å². The Balaban J connectivity index is 1.79. The zero-order chi connectivity index (χ0) is 20.1. The molecule has 0 bridgehead atoms. The molecule has 0 aliphatic rings. The van der Waals surface area contributed by atoms with E-state index in [9.17, 15) is 4.79 Å². The van der Waals surface area contributed by atoms with Crippen molar-refractivity contribution in [3.8, 4) is 11.1 Å². The Bertz CT molecular complexity index is 974. The third-order valence-corrected chi connectivity index (χ3v) is 5.29. The van der Waals surface area contributed by atoms with Gasteiger partial charge < -0.3 is 0 Å². The number of halogens is 1. The predicted molar refractivity (Wildman–Crippen MR) is 121 cm³/mol. The molecule has 0 spiro atoms. The number of aryl methyl sites for hydroxylation is 1. The second-order valence-electron chi connectivity index (χ2n) is 7.05. The summed E-state index contributed by atoms with van der Waals surface area (Å²) in [7, 11) is 2.08. The van der Waals surface area contributed by atoms with Crippen molar-refractivity contribution in [1.82, 2.24) is 4.90 Å². The first-order valence-electron chi connectivity index (χ1n) is 9.27. The minimum absolute atomic E-state index is 0.0529. The molecule has 0 aliphatic heterocycles. The number of hydrogen-bond acceptors (Lipinski definition) is 2. The number of nitrogens with zero attached hydrogens (tertiary/aromatic N) is 1. The average molecular weight is 434 g/mol. The van der Waals surface area contributed by atoms with E-state index in [2.05, 4.69) is 64.8 Å². The molecule has 3 aromatic rings. The first kappa shape index (κ1) is 20.2. The Morgan fingerprint density at radius 1 is 1.00 bits per heavy atom. The van der Waals surface area contributed by atoms with Gasteiger partial charge in [-0.2, -0.15) is 0 Å². The molecule has 142 valence electrons. The molecule has 3 rings (SSSR count). The van der Waals surface area contributed by atoms with Gasteiger partial charge in [-0.3, -0.25) is 9.69 Å². The van der Waals surface area contributed by atoms with Crippen LogP contribution < -0.4 is 0 Å². The summed E-state index contributed by atoms with van der Waals surface area (Å²) in [5.74, 6) is 0.0529. The van der Waals surface area contributed by atoms with Crippen LogP contribution in [0.4, 0.5) is 0 Å². The minimum Gasteiger partial charge on any atom is -0.298 e. The maximum absolute atomic E-state index is 12.8. The summed E-state index contributed by atoms with van der Waals surface area (Å²) < 4.78 is 0.968. The smallest absolute Gasteiger partial charge is 0.193 e. The lowest BCUT2D eigenvalue weighted by molar-refractivity contribution is 0.103. The summed E-state index contributed by atoms with van der Waals surface area (Å²) in [6, 6.07) is 22.1. The monoisotopic (exact) mass is 433 g/mol. The van der Waals surface area contributed by atoms with E-state index in [1.807, 2.05) is 49.4 Å². The van der Waals surface area contributed by atoms with Crippen molar-refractivity contribution in [3.05, 3.63) is 106 Å². The van der Waals surface area contributed by atoms with Crippen LogP contribution in [0.25, 0.3) is 11.1 Å². The topological polar surface area (TPSA) is 20.3 Å². The van der Waals surface area contributed by atoms with Crippen molar-refractivity contribution in [2.45, 2.75) is 13.5 Å². The van der Waals surface area contributed by atoms with Crippen LogP contribution in [0.5, 0.6) is 0 Å². The highest BCUT2D eigenvalue weighted by Crippen LogP contribution is 2.25. The number of rotatable bonds is 7. The van der Waals surface area contributed by atoms with Gasteiger partial charge in [-0.1, -0.05) is 64.5 Å². The lowest BCUT2D eigenvalue weighted by atomic mass is 9.95. The van der Waals surface area contributed by atoms with E-state index in [0.717, 1.165) is 39.8 Å². The van der Waals surface area contributed by atoms with Gasteiger partial charge in [0.1, 0.15) is 0 Å². The number of benzene rings is 3. The molecule has 0 unspecified atom stereocenters. The van der Waals surface area contributed by atoms with E-state index in [1.165, 1.54) is 5.56 Å². The quantitative estimate of drug-likeness (QED) is 0.323. The van der Waals surface area contributed by atoms with Gasteiger partial charge in [0.2, 0.25) is 0 Å². The normalized spacial score (nSPS) is 10.9. The van der Waals surface area contributed by atoms with Crippen LogP contribution in [0, 0.1) is 6.92 Å². The summed E-state index contributed by atoms with van der Waals surface area (Å²) >= 11 is 3.41. The largest absolute Gasteiger partial charge is 0.298 e. The van der Waals surface area contributed by atoms with Crippen LogP contribution in [0.2, 0.25) is 0 Å². The Morgan fingerprint density at radius 3 is 2.25 bits per heavy atom. The van der Waals surface area contributed by atoms with Crippen LogP contribution in [0.3, 0.4) is 0 Å². The molecule has 0 N–H and O–H groups in total. The van der Waals surface area contributed by atoms with Gasteiger partial charge in [0.05, 0.1) is 0 Å². The van der Waals surface area contributed by atoms with E-state index in [-0.39, 0.29) is 5.78 Å². The van der Waals surface area contributed by atoms with E-state index in [0.29, 0.717) is 5.56 Å². The van der Waals surface area contributed by atoms with Gasteiger partial charge in [-0.05, 0) is 60.5 Å². The molecular formula is C25H24BrNO. The maximum atomic E-state index is 12.8. The third kappa shape index (κ3) is 4.86. The molecule has 3 aromatic carbocycles. The average Bonchev–Trinajstić information content (AvgIpc) is 2.69. The fourth-order valence-corrected chi connectivity index (χ4v) is 3.52. The van der Waals surface area contributed by atoms with Gasteiger partial charge in [0.15, 0.2) is 5.78 Å². The van der Waals surface area contributed by atoms with Crippen LogP contribution in [-0.4, -0.2) is 24.3 Å². The van der Waals surface area contributed by atoms with Crippen molar-refractivity contribution in [1.29, 1.82) is 0 Å². The molecule has 0 saturated heterocycles. The highest BCUT2D eigenvalue weighted by Gasteiger charge is 2.12. The van der Waals surface area contributed by atoms with E-state index >= 15 is 0 Å². The van der Waals surface area contributed by atoms with E-state index < -0.39 is 0 Å². The molecule has 0 saturated carbocycles. The SMILES string of the molecule is C=CCN(C)Cc1ccc(-c2ccc(C(=O)c3ccc(Br)cc3)c(C)c2)cc1. The molecule has 3 heteroatoms. The second-order valence-corrected chi connectivity index (χ2v) is 7.96. The Morgan fingerprint density at radius 2 is 1.64 bits per heavy atom. The maximum Gasteiger partial charge on any atom is 0.193 e. The fourth-order valence-electron chi connectivity index (χ4n) is 3.25. The summed E-state index contributed by atoms with van der Waals surface area (Å²) in [5.41, 5.74) is 5.98. The summed E-state index contributed by atoms with van der Waals surface area (Å²) in [6.45, 7) is 7.54. The molecule has 0 aromatic heterocycles. The van der Waals surface area contributed by atoms with Gasteiger partial charge in [-0.25, -0.2) is 0 Å². The van der Waals surface area contributed by atoms with Crippen LogP contribution >= 0.6 is 15.9 Å². The lowest BCUT2D eigenvalue weighted by Gasteiger charge is -2.14. The first-order valence-corrected chi connectivity index (χ1v) is 10.1. The van der Waals surface area contributed by atoms with Crippen molar-refractivity contribution in [2.75, 3.05) is 13.6 Å². The van der Waals surface area contributed by atoms with Crippen LogP contribution in [-0.2, 0) is 6.54 Å². The predicted octanol–water partition coefficient (Wildman–Crippen LogP) is 6.27. The molecule has 0 amide bonds. The first-order chi connectivity index (χ1) is 13.5. The molecule has 0 aliphatic carbocycles. The van der Waals surface area contributed by atoms with Crippen molar-refractivity contribution in [3.63, 3.8) is 0 Å². The third-order valence-electron chi connectivity index (χ3n) is 4.76. The highest BCUT2D eigenvalue weighted by molar-refractivity contribution is 9.10. The van der Waals surface area contributed by atoms with Gasteiger partial charge >= 0.3 is 0 Å². The van der Waals surface area contributed by atoms with Crippen molar-refractivity contribution < 1.29 is 4.79 Å². The summed E-state index contributed by atoms with van der Waals surface area (Å²) in [6.07, 6.45) is 1.91. The van der Waals surface area contributed by atoms with Gasteiger partial charge in [0, 0.05) is 28.7 Å². The molecule has 2 nitrogen and oxygen atoms in total. The van der Waals surface area contributed by atoms with E-state index in [1.54, 1.807) is 0 Å². The zero-order valence-corrected chi connectivity index (χ0v) is 17.9. The molecule has 28 heavy (non-hydrogen) atoms. The molecular weight excluding hydrogens is 410 g/mol. The number of carbonyl (C=O) groups excluding carboxylic acids is 1. The lowest BCUT2D eigenvalue weighted by Crippen LogP contribution is -2.17. The second kappa shape index (κ2) is 9.13. The summed E-state index contributed by atoms with van der Waals surface area (Å²) in [5, 5.41) is 0. The molecule has 0 fully saturated rings. The Labute approximate surface area is 175 Å². The van der Waals surface area contributed by atoms with Gasteiger partial charge in [0.25, 0.3) is 0 Å². The number of hydrogen-bond donors (Lipinski definition) is 0. The number of carbonyl (C=O) groups is 1. The highest BCUT2D eigenvalue weighted by atomic mass is 79.9. The van der Waals surface area contributed by atoms with Gasteiger partial charge in [-0.15, -0.1) is 6.58 Å². The Kier molecular flexibility index (Phi) is 6.61. The van der Waals surface area contributed by atoms with Crippen molar-refractivity contribution >= 4 is 21.7 Å². The number of likely N-dealkylation sites (N-methyl/N-ethyl adjacent to an activating group) is 1. The Hall–Kier alpha value is -2.49. The van der Waals surface area contributed by atoms with Crippen LogP contribution in [0.15, 0.2) is 83.9 Å². The standard InChI is InChI=1S/C25H24BrNO/c1-4-15-27(3)17-19-5-7-20(8-6-19)22-11-14-24(18(2)16-22)25(28)21-9-12-23(26)13-10-21/h4-14,16H,1,15,17H2,2-3H3. The molecule has 0 radical (unpaired) electrons. The fraction of sp³-hybridized carbons (Fsp3) is 0.160. The van der Waals surface area contributed by atoms with Crippen LogP contribution in [0.1, 0.15) is 27.0 Å². The molecule has 0 heterocycles. The van der Waals surface area contributed by atoms with E-state index in [4.69, 9.17) is 0 Å². The molecule has 0 atom stereocenters. The number of ketones is 1. The summed E-state index contributed by atoms with van der Waals surface area (Å²) in [4.78, 5) is 15.0.